The van der Waals surface area contributed by atoms with E-state index in [0.29, 0.717) is 12.3 Å². The quantitative estimate of drug-likeness (QED) is 0.694. The highest BCUT2D eigenvalue weighted by atomic mass is 16.5. The number of aryl methyl sites for hydroxylation is 1. The van der Waals surface area contributed by atoms with Gasteiger partial charge < -0.3 is 9.30 Å². The summed E-state index contributed by atoms with van der Waals surface area (Å²) in [6, 6.07) is 3.73. The first-order chi connectivity index (χ1) is 7.31. The molecule has 0 atom stereocenters. The monoisotopic (exact) mass is 207 g/mol. The van der Waals surface area contributed by atoms with E-state index >= 15 is 0 Å². The van der Waals surface area contributed by atoms with Gasteiger partial charge in [0.05, 0.1) is 6.61 Å². The first-order valence-electron chi connectivity index (χ1n) is 5.63. The van der Waals surface area contributed by atoms with Crippen LogP contribution in [0.4, 0.5) is 0 Å². The molecule has 0 saturated heterocycles. The highest BCUT2D eigenvalue weighted by molar-refractivity contribution is 5.87. The summed E-state index contributed by atoms with van der Waals surface area (Å²) in [6.45, 7) is 3.20. The molecule has 0 N–H and O–H groups in total. The number of rotatable bonds is 5. The Bertz CT molecular complexity index is 339. The van der Waals surface area contributed by atoms with Crippen molar-refractivity contribution in [2.75, 3.05) is 6.61 Å². The summed E-state index contributed by atoms with van der Waals surface area (Å²) < 4.78 is 6.99. The summed E-state index contributed by atoms with van der Waals surface area (Å²) in [5.41, 5.74) is 0.678. The number of hydrogen-bond acceptors (Lipinski definition) is 2. The molecule has 0 bridgehead atoms. The van der Waals surface area contributed by atoms with Crippen molar-refractivity contribution >= 4 is 5.97 Å². The van der Waals surface area contributed by atoms with E-state index < -0.39 is 0 Å². The van der Waals surface area contributed by atoms with Gasteiger partial charge in [0.1, 0.15) is 5.69 Å². The fourth-order valence-electron chi connectivity index (χ4n) is 1.73. The van der Waals surface area contributed by atoms with Crippen molar-refractivity contribution in [2.45, 2.75) is 32.7 Å². The summed E-state index contributed by atoms with van der Waals surface area (Å²) >= 11 is 0. The first-order valence-corrected chi connectivity index (χ1v) is 5.63. The molecule has 1 aliphatic carbocycles. The van der Waals surface area contributed by atoms with Gasteiger partial charge in [0.2, 0.25) is 0 Å². The summed E-state index contributed by atoms with van der Waals surface area (Å²) in [7, 11) is 0. The fraction of sp³-hybridized carbons (Fsp3) is 0.583. The maximum atomic E-state index is 11.5. The average Bonchev–Trinajstić information content (AvgIpc) is 2.93. The largest absolute Gasteiger partial charge is 0.461 e. The van der Waals surface area contributed by atoms with Crippen molar-refractivity contribution in [3.63, 3.8) is 0 Å². The second kappa shape index (κ2) is 4.51. The molecule has 1 heterocycles. The van der Waals surface area contributed by atoms with Crippen LogP contribution < -0.4 is 0 Å². The smallest absolute Gasteiger partial charge is 0.354 e. The molecule has 15 heavy (non-hydrogen) atoms. The minimum absolute atomic E-state index is 0.210. The maximum Gasteiger partial charge on any atom is 0.354 e. The highest BCUT2D eigenvalue weighted by Gasteiger charge is 2.21. The van der Waals surface area contributed by atoms with Gasteiger partial charge >= 0.3 is 5.97 Å². The van der Waals surface area contributed by atoms with E-state index in [1.54, 1.807) is 0 Å². The van der Waals surface area contributed by atoms with E-state index in [0.717, 1.165) is 12.5 Å². The van der Waals surface area contributed by atoms with Crippen LogP contribution in [0.25, 0.3) is 0 Å². The normalized spacial score (nSPS) is 15.3. The molecule has 1 aromatic heterocycles. The van der Waals surface area contributed by atoms with E-state index in [4.69, 9.17) is 4.74 Å². The van der Waals surface area contributed by atoms with Crippen molar-refractivity contribution in [3.05, 3.63) is 24.0 Å². The third-order valence-electron chi connectivity index (χ3n) is 2.79. The molecule has 82 valence electrons. The Labute approximate surface area is 90.0 Å². The number of esters is 1. The van der Waals surface area contributed by atoms with Crippen molar-refractivity contribution in [1.82, 2.24) is 4.57 Å². The molecule has 0 spiro atoms. The van der Waals surface area contributed by atoms with Gasteiger partial charge in [0.25, 0.3) is 0 Å². The van der Waals surface area contributed by atoms with E-state index in [1.807, 2.05) is 29.8 Å². The summed E-state index contributed by atoms with van der Waals surface area (Å²) in [6.07, 6.45) is 5.85. The van der Waals surface area contributed by atoms with Gasteiger partial charge in [-0.05, 0) is 31.4 Å². The molecule has 3 nitrogen and oxygen atoms in total. The number of carbonyl (C=O) groups excluding carboxylic acids is 1. The third kappa shape index (κ3) is 2.61. The van der Waals surface area contributed by atoms with Crippen molar-refractivity contribution in [2.24, 2.45) is 5.92 Å². The third-order valence-corrected chi connectivity index (χ3v) is 2.79. The van der Waals surface area contributed by atoms with Gasteiger partial charge in [-0.3, -0.25) is 0 Å². The molecule has 0 aliphatic heterocycles. The Kier molecular flexibility index (Phi) is 3.09. The van der Waals surface area contributed by atoms with Gasteiger partial charge in [-0.25, -0.2) is 4.79 Å². The van der Waals surface area contributed by atoms with Crippen molar-refractivity contribution in [1.29, 1.82) is 0 Å². The van der Waals surface area contributed by atoms with Crippen LogP contribution in [0.15, 0.2) is 18.3 Å². The summed E-state index contributed by atoms with van der Waals surface area (Å²) in [5.74, 6) is 0.681. The van der Waals surface area contributed by atoms with Crippen molar-refractivity contribution < 1.29 is 9.53 Å². The molecule has 1 aromatic rings. The van der Waals surface area contributed by atoms with Crippen LogP contribution in [0.3, 0.4) is 0 Å². The van der Waals surface area contributed by atoms with Gasteiger partial charge in [-0.15, -0.1) is 0 Å². The topological polar surface area (TPSA) is 31.2 Å². The Morgan fingerprint density at radius 3 is 3.07 bits per heavy atom. The van der Waals surface area contributed by atoms with Crippen molar-refractivity contribution in [3.8, 4) is 0 Å². The van der Waals surface area contributed by atoms with Gasteiger partial charge in [0, 0.05) is 12.7 Å². The number of aromatic nitrogens is 1. The van der Waals surface area contributed by atoms with Crippen LogP contribution in [0.5, 0.6) is 0 Å². The second-order valence-electron chi connectivity index (χ2n) is 4.04. The van der Waals surface area contributed by atoms with Crippen LogP contribution in [-0.4, -0.2) is 17.1 Å². The first kappa shape index (κ1) is 10.3. The Balaban J connectivity index is 1.96. The number of nitrogens with zero attached hydrogens (tertiary/aromatic N) is 1. The molecule has 0 amide bonds. The molecule has 2 rings (SSSR count). The van der Waals surface area contributed by atoms with Crippen LogP contribution >= 0.6 is 0 Å². The number of hydrogen-bond donors (Lipinski definition) is 0. The maximum absolute atomic E-state index is 11.5. The van der Waals surface area contributed by atoms with Crippen LogP contribution in [0.2, 0.25) is 0 Å². The molecular formula is C12H17NO2. The zero-order valence-electron chi connectivity index (χ0n) is 9.11. The zero-order valence-corrected chi connectivity index (χ0v) is 9.11. The Morgan fingerprint density at radius 2 is 2.40 bits per heavy atom. The lowest BCUT2D eigenvalue weighted by atomic mass is 10.3. The lowest BCUT2D eigenvalue weighted by Crippen LogP contribution is -2.12. The molecule has 3 heteroatoms. The molecule has 0 aromatic carbocycles. The van der Waals surface area contributed by atoms with Gasteiger partial charge in [-0.2, -0.15) is 0 Å². The molecule has 0 unspecified atom stereocenters. The summed E-state index contributed by atoms with van der Waals surface area (Å²) in [5, 5.41) is 0. The Morgan fingerprint density at radius 1 is 1.60 bits per heavy atom. The Hall–Kier alpha value is -1.25. The highest BCUT2D eigenvalue weighted by Crippen LogP contribution is 2.32. The minimum atomic E-state index is -0.210. The van der Waals surface area contributed by atoms with Crippen LogP contribution in [0, 0.1) is 5.92 Å². The van der Waals surface area contributed by atoms with Gasteiger partial charge in [-0.1, -0.05) is 12.8 Å². The fourth-order valence-corrected chi connectivity index (χ4v) is 1.73. The molecule has 1 saturated carbocycles. The zero-order chi connectivity index (χ0) is 10.7. The molecule has 0 radical (unpaired) electrons. The van der Waals surface area contributed by atoms with E-state index in [2.05, 4.69) is 0 Å². The van der Waals surface area contributed by atoms with E-state index in [1.165, 1.54) is 19.3 Å². The molecule has 1 aliphatic rings. The minimum Gasteiger partial charge on any atom is -0.461 e. The van der Waals surface area contributed by atoms with Crippen LogP contribution in [0.1, 0.15) is 36.7 Å². The van der Waals surface area contributed by atoms with E-state index in [9.17, 15) is 4.79 Å². The summed E-state index contributed by atoms with van der Waals surface area (Å²) in [4.78, 5) is 11.5. The number of ether oxygens (including phenoxy) is 1. The lowest BCUT2D eigenvalue weighted by molar-refractivity contribution is 0.0513. The standard InChI is InChI=1S/C12H17NO2/c1-2-15-12(14)11-4-3-8-13(11)9-7-10-5-6-10/h3-4,8,10H,2,5-7,9H2,1H3. The number of carbonyl (C=O) groups is 1. The predicted octanol–water partition coefficient (Wildman–Crippen LogP) is 2.46. The lowest BCUT2D eigenvalue weighted by Gasteiger charge is -2.07. The average molecular weight is 207 g/mol. The van der Waals surface area contributed by atoms with Crippen LogP contribution in [-0.2, 0) is 11.3 Å². The second-order valence-corrected chi connectivity index (χ2v) is 4.04. The molecule has 1 fully saturated rings. The van der Waals surface area contributed by atoms with E-state index in [-0.39, 0.29) is 5.97 Å². The predicted molar refractivity (Wildman–Crippen MR) is 57.7 cm³/mol. The SMILES string of the molecule is CCOC(=O)c1cccn1CCC1CC1. The van der Waals surface area contributed by atoms with Gasteiger partial charge in [0.15, 0.2) is 0 Å². The molecular weight excluding hydrogens is 190 g/mol.